The molecule has 114 valence electrons. The first kappa shape index (κ1) is 13.1. The lowest BCUT2D eigenvalue weighted by atomic mass is 9.54. The molecule has 2 heteroatoms. The van der Waals surface area contributed by atoms with Crippen LogP contribution in [0.2, 0.25) is 0 Å². The summed E-state index contributed by atoms with van der Waals surface area (Å²) >= 11 is 0. The van der Waals surface area contributed by atoms with Crippen LogP contribution in [0.1, 0.15) is 37.7 Å². The quantitative estimate of drug-likeness (QED) is 0.919. The smallest absolute Gasteiger partial charge is 0.0705 e. The molecule has 2 nitrogen and oxygen atoms in total. The second kappa shape index (κ2) is 5.06. The van der Waals surface area contributed by atoms with E-state index in [2.05, 4.69) is 40.6 Å². The topological polar surface area (TPSA) is 24.9 Å². The number of benzene rings is 1. The van der Waals surface area contributed by atoms with Gasteiger partial charge in [-0.15, -0.1) is 0 Å². The van der Waals surface area contributed by atoms with Gasteiger partial charge in [-0.1, -0.05) is 18.2 Å². The molecule has 1 aromatic heterocycles. The Kier molecular flexibility index (Phi) is 3.00. The van der Waals surface area contributed by atoms with Crippen LogP contribution in [0.3, 0.4) is 0 Å². The van der Waals surface area contributed by atoms with Gasteiger partial charge in [0.15, 0.2) is 0 Å². The van der Waals surface area contributed by atoms with E-state index < -0.39 is 0 Å². The first-order chi connectivity index (χ1) is 10.9. The van der Waals surface area contributed by atoms with Crippen LogP contribution in [0, 0.1) is 23.7 Å². The van der Waals surface area contributed by atoms with Crippen molar-refractivity contribution in [1.29, 1.82) is 0 Å². The lowest BCUT2D eigenvalue weighted by molar-refractivity contribution is -0.0142. The van der Waals surface area contributed by atoms with Gasteiger partial charge in [0.1, 0.15) is 0 Å². The molecular formula is C20H24N2. The predicted octanol–water partition coefficient (Wildman–Crippen LogP) is 4.15. The van der Waals surface area contributed by atoms with Crippen LogP contribution in [0.25, 0.3) is 10.9 Å². The van der Waals surface area contributed by atoms with Gasteiger partial charge in [0, 0.05) is 24.2 Å². The molecule has 0 aliphatic heterocycles. The maximum absolute atomic E-state index is 4.48. The molecule has 1 N–H and O–H groups in total. The summed E-state index contributed by atoms with van der Waals surface area (Å²) in [6.45, 7) is 0.996. The van der Waals surface area contributed by atoms with Crippen molar-refractivity contribution in [2.75, 3.05) is 0 Å². The molecule has 4 saturated carbocycles. The molecule has 4 bridgehead atoms. The Balaban J connectivity index is 1.36. The van der Waals surface area contributed by atoms with E-state index in [1.54, 1.807) is 0 Å². The molecule has 4 aliphatic carbocycles. The van der Waals surface area contributed by atoms with Crippen molar-refractivity contribution in [3.63, 3.8) is 0 Å². The maximum Gasteiger partial charge on any atom is 0.0705 e. The van der Waals surface area contributed by atoms with Crippen LogP contribution in [0.4, 0.5) is 0 Å². The van der Waals surface area contributed by atoms with E-state index >= 15 is 0 Å². The monoisotopic (exact) mass is 292 g/mol. The van der Waals surface area contributed by atoms with Crippen molar-refractivity contribution in [2.45, 2.75) is 44.7 Å². The van der Waals surface area contributed by atoms with Crippen LogP contribution < -0.4 is 5.32 Å². The minimum Gasteiger partial charge on any atom is -0.309 e. The average molecular weight is 292 g/mol. The Bertz CT molecular complexity index is 660. The molecule has 4 aliphatic rings. The maximum atomic E-state index is 4.48. The van der Waals surface area contributed by atoms with E-state index in [1.165, 1.54) is 43.1 Å². The molecule has 0 atom stereocenters. The van der Waals surface area contributed by atoms with E-state index in [0.29, 0.717) is 0 Å². The second-order valence-corrected chi connectivity index (χ2v) is 7.82. The fraction of sp³-hybridized carbons (Fsp3) is 0.550. The Labute approximate surface area is 132 Å². The highest BCUT2D eigenvalue weighted by Crippen LogP contribution is 2.53. The van der Waals surface area contributed by atoms with Gasteiger partial charge >= 0.3 is 0 Å². The van der Waals surface area contributed by atoms with Gasteiger partial charge < -0.3 is 5.32 Å². The molecule has 1 heterocycles. The second-order valence-electron chi connectivity index (χ2n) is 7.82. The van der Waals surface area contributed by atoms with Crippen molar-refractivity contribution in [3.8, 4) is 0 Å². The van der Waals surface area contributed by atoms with Crippen molar-refractivity contribution in [3.05, 3.63) is 42.1 Å². The highest BCUT2D eigenvalue weighted by atomic mass is 14.9. The molecule has 22 heavy (non-hydrogen) atoms. The number of hydrogen-bond acceptors (Lipinski definition) is 2. The van der Waals surface area contributed by atoms with E-state index in [-0.39, 0.29) is 0 Å². The van der Waals surface area contributed by atoms with Crippen LogP contribution in [-0.4, -0.2) is 11.0 Å². The number of rotatable bonds is 3. The number of hydrogen-bond donors (Lipinski definition) is 1. The van der Waals surface area contributed by atoms with Crippen molar-refractivity contribution in [2.24, 2.45) is 23.7 Å². The molecular weight excluding hydrogens is 268 g/mol. The largest absolute Gasteiger partial charge is 0.309 e. The third kappa shape index (κ3) is 2.08. The van der Waals surface area contributed by atoms with Gasteiger partial charge in [-0.2, -0.15) is 0 Å². The van der Waals surface area contributed by atoms with E-state index in [4.69, 9.17) is 0 Å². The standard InChI is InChI=1S/C20H24N2/c1-2-4-19-18(3-1)15(5-6-21-19)12-22-20-16-8-13-7-14(10-16)11-17(20)9-13/h1-6,13-14,16-17,20,22H,7-12H2. The zero-order valence-corrected chi connectivity index (χ0v) is 13.0. The lowest BCUT2D eigenvalue weighted by Crippen LogP contribution is -2.54. The lowest BCUT2D eigenvalue weighted by Gasteiger charge is -2.54. The van der Waals surface area contributed by atoms with Crippen LogP contribution >= 0.6 is 0 Å². The van der Waals surface area contributed by atoms with Crippen LogP contribution in [0.5, 0.6) is 0 Å². The van der Waals surface area contributed by atoms with E-state index in [9.17, 15) is 0 Å². The predicted molar refractivity (Wildman–Crippen MR) is 89.4 cm³/mol. The zero-order valence-electron chi connectivity index (χ0n) is 13.0. The molecule has 2 aromatic rings. The molecule has 6 rings (SSSR count). The summed E-state index contributed by atoms with van der Waals surface area (Å²) in [5.74, 6) is 4.01. The Morgan fingerprint density at radius 3 is 2.41 bits per heavy atom. The van der Waals surface area contributed by atoms with E-state index in [1.807, 2.05) is 6.20 Å². The summed E-state index contributed by atoms with van der Waals surface area (Å²) in [5.41, 5.74) is 2.52. The minimum absolute atomic E-state index is 0.764. The van der Waals surface area contributed by atoms with Gasteiger partial charge in [-0.3, -0.25) is 4.98 Å². The molecule has 0 amide bonds. The number of para-hydroxylation sites is 1. The number of fused-ring (bicyclic) bond motifs is 1. The molecule has 0 unspecified atom stereocenters. The Morgan fingerprint density at radius 2 is 1.64 bits per heavy atom. The van der Waals surface area contributed by atoms with Crippen LogP contribution in [0.15, 0.2) is 36.5 Å². The number of aromatic nitrogens is 1. The summed E-state index contributed by atoms with van der Waals surface area (Å²) in [6, 6.07) is 11.5. The summed E-state index contributed by atoms with van der Waals surface area (Å²) in [4.78, 5) is 4.48. The zero-order chi connectivity index (χ0) is 14.5. The molecule has 0 saturated heterocycles. The Hall–Kier alpha value is -1.41. The number of nitrogens with zero attached hydrogens (tertiary/aromatic N) is 1. The SMILES string of the molecule is c1ccc2c(CNC3C4CC5CC(C4)CC3C5)ccnc2c1. The minimum atomic E-state index is 0.764. The Morgan fingerprint density at radius 1 is 0.909 bits per heavy atom. The molecule has 1 aromatic carbocycles. The normalized spacial score (nSPS) is 36.1. The third-order valence-corrected chi connectivity index (χ3v) is 6.49. The number of pyridine rings is 1. The van der Waals surface area contributed by atoms with Crippen molar-refractivity contribution < 1.29 is 0 Å². The number of nitrogens with one attached hydrogen (secondary N) is 1. The van der Waals surface area contributed by atoms with Gasteiger partial charge in [0.05, 0.1) is 5.52 Å². The van der Waals surface area contributed by atoms with Crippen molar-refractivity contribution in [1.82, 2.24) is 10.3 Å². The molecule has 0 spiro atoms. The van der Waals surface area contributed by atoms with Gasteiger partial charge in [0.25, 0.3) is 0 Å². The van der Waals surface area contributed by atoms with Gasteiger partial charge in [-0.25, -0.2) is 0 Å². The summed E-state index contributed by atoms with van der Waals surface area (Å²) < 4.78 is 0. The summed E-state index contributed by atoms with van der Waals surface area (Å²) in [6.07, 6.45) is 9.44. The summed E-state index contributed by atoms with van der Waals surface area (Å²) in [7, 11) is 0. The average Bonchev–Trinajstić information content (AvgIpc) is 2.54. The van der Waals surface area contributed by atoms with Crippen LogP contribution in [-0.2, 0) is 6.54 Å². The summed E-state index contributed by atoms with van der Waals surface area (Å²) in [5, 5.41) is 5.25. The fourth-order valence-electron chi connectivity index (χ4n) is 5.80. The molecule has 0 radical (unpaired) electrons. The highest BCUT2D eigenvalue weighted by Gasteiger charge is 2.47. The van der Waals surface area contributed by atoms with Gasteiger partial charge in [0.2, 0.25) is 0 Å². The third-order valence-electron chi connectivity index (χ3n) is 6.49. The van der Waals surface area contributed by atoms with Gasteiger partial charge in [-0.05, 0) is 73.5 Å². The molecule has 4 fully saturated rings. The first-order valence-electron chi connectivity index (χ1n) is 8.93. The fourth-order valence-corrected chi connectivity index (χ4v) is 5.80. The highest BCUT2D eigenvalue weighted by molar-refractivity contribution is 5.81. The van der Waals surface area contributed by atoms with Crippen molar-refractivity contribution >= 4 is 10.9 Å². The first-order valence-corrected chi connectivity index (χ1v) is 8.93. The van der Waals surface area contributed by atoms with E-state index in [0.717, 1.165) is 41.8 Å².